The van der Waals surface area contributed by atoms with Crippen LogP contribution in [0.3, 0.4) is 0 Å². The average Bonchev–Trinajstić information content (AvgIpc) is 2.50. The van der Waals surface area contributed by atoms with E-state index in [4.69, 9.17) is 4.42 Å². The number of hydrogen-bond donors (Lipinski definition) is 2. The van der Waals surface area contributed by atoms with Gasteiger partial charge in [0.15, 0.2) is 5.58 Å². The number of hydrogen-bond acceptors (Lipinski definition) is 5. The van der Waals surface area contributed by atoms with Crippen LogP contribution in [0.25, 0.3) is 11.0 Å². The normalized spacial score (nSPS) is 11.1. The van der Waals surface area contributed by atoms with Crippen molar-refractivity contribution in [3.05, 3.63) is 70.1 Å². The van der Waals surface area contributed by atoms with Crippen molar-refractivity contribution in [3.8, 4) is 5.75 Å². The minimum Gasteiger partial charge on any atom is -0.507 e. The maximum Gasteiger partial charge on any atom is 0.336 e. The molecule has 5 nitrogen and oxygen atoms in total. The van der Waals surface area contributed by atoms with Crippen LogP contribution in [0, 0.1) is 6.92 Å². The molecule has 2 N–H and O–H groups in total. The van der Waals surface area contributed by atoms with Gasteiger partial charge in [0.2, 0.25) is 0 Å². The van der Waals surface area contributed by atoms with Crippen LogP contribution < -0.4 is 11.1 Å². The second kappa shape index (κ2) is 5.73. The molecule has 0 fully saturated rings. The van der Waals surface area contributed by atoms with Crippen LogP contribution in [0.5, 0.6) is 5.75 Å². The van der Waals surface area contributed by atoms with Gasteiger partial charge >= 0.3 is 5.63 Å². The van der Waals surface area contributed by atoms with Gasteiger partial charge in [0, 0.05) is 11.5 Å². The molecule has 110 valence electrons. The lowest BCUT2D eigenvalue weighted by Gasteiger charge is -2.05. The number of benzene rings is 2. The van der Waals surface area contributed by atoms with Gasteiger partial charge in [0.05, 0.1) is 17.5 Å². The van der Waals surface area contributed by atoms with E-state index < -0.39 is 5.63 Å². The Hall–Kier alpha value is -3.08. The fraction of sp³-hybridized carbons (Fsp3) is 0.0588. The molecule has 0 bridgehead atoms. The number of fused-ring (bicyclic) bond motifs is 1. The summed E-state index contributed by atoms with van der Waals surface area (Å²) in [5.41, 5.74) is 4.69. The zero-order valence-electron chi connectivity index (χ0n) is 11.9. The van der Waals surface area contributed by atoms with E-state index in [1.165, 1.54) is 12.3 Å². The van der Waals surface area contributed by atoms with Crippen molar-refractivity contribution < 1.29 is 9.52 Å². The molecule has 3 rings (SSSR count). The first-order valence-electron chi connectivity index (χ1n) is 6.76. The van der Waals surface area contributed by atoms with Gasteiger partial charge in [-0.05, 0) is 36.8 Å². The molecule has 0 atom stereocenters. The standard InChI is InChI=1S/C17H14N2O3/c1-11-9-16(21)22-17-13(11)7-8-15(20)14(17)10-18-19-12-5-3-2-4-6-12/h2-10,19-20H,1H3/b18-10+. The van der Waals surface area contributed by atoms with Gasteiger partial charge in [-0.3, -0.25) is 5.43 Å². The Morgan fingerprint density at radius 1 is 1.18 bits per heavy atom. The third kappa shape index (κ3) is 2.69. The minimum absolute atomic E-state index is 0.000128. The summed E-state index contributed by atoms with van der Waals surface area (Å²) in [5, 5.41) is 14.9. The molecular formula is C17H14N2O3. The molecular weight excluding hydrogens is 280 g/mol. The number of hydrazone groups is 1. The van der Waals surface area contributed by atoms with Gasteiger partial charge in [-0.2, -0.15) is 5.10 Å². The lowest BCUT2D eigenvalue weighted by atomic mass is 10.1. The van der Waals surface area contributed by atoms with Gasteiger partial charge < -0.3 is 9.52 Å². The second-order valence-corrected chi connectivity index (χ2v) is 4.86. The Kier molecular flexibility index (Phi) is 3.62. The predicted octanol–water partition coefficient (Wildman–Crippen LogP) is 3.25. The average molecular weight is 294 g/mol. The highest BCUT2D eigenvalue weighted by atomic mass is 16.4. The first-order valence-corrected chi connectivity index (χ1v) is 6.76. The summed E-state index contributed by atoms with van der Waals surface area (Å²) in [4.78, 5) is 11.6. The quantitative estimate of drug-likeness (QED) is 0.442. The monoisotopic (exact) mass is 294 g/mol. The summed E-state index contributed by atoms with van der Waals surface area (Å²) in [6, 6.07) is 14.1. The highest BCUT2D eigenvalue weighted by Crippen LogP contribution is 2.26. The van der Waals surface area contributed by atoms with E-state index >= 15 is 0 Å². The Morgan fingerprint density at radius 3 is 2.73 bits per heavy atom. The van der Waals surface area contributed by atoms with Crippen LogP contribution in [-0.2, 0) is 0 Å². The molecule has 3 aromatic rings. The maximum atomic E-state index is 11.6. The zero-order valence-corrected chi connectivity index (χ0v) is 11.9. The lowest BCUT2D eigenvalue weighted by Crippen LogP contribution is -2.00. The number of phenolic OH excluding ortho intramolecular Hbond substituents is 1. The molecule has 0 amide bonds. The zero-order chi connectivity index (χ0) is 15.5. The van der Waals surface area contributed by atoms with Crippen LogP contribution in [-0.4, -0.2) is 11.3 Å². The van der Waals surface area contributed by atoms with Crippen LogP contribution >= 0.6 is 0 Å². The highest BCUT2D eigenvalue weighted by Gasteiger charge is 2.10. The third-order valence-corrected chi connectivity index (χ3v) is 3.30. The first kappa shape index (κ1) is 13.9. The first-order chi connectivity index (χ1) is 10.6. The van der Waals surface area contributed by atoms with E-state index in [0.717, 1.165) is 16.6 Å². The fourth-order valence-corrected chi connectivity index (χ4v) is 2.20. The van der Waals surface area contributed by atoms with E-state index in [1.807, 2.05) is 37.3 Å². The Morgan fingerprint density at radius 2 is 1.95 bits per heavy atom. The predicted molar refractivity (Wildman–Crippen MR) is 86.5 cm³/mol. The van der Waals surface area contributed by atoms with Crippen LogP contribution in [0.4, 0.5) is 5.69 Å². The second-order valence-electron chi connectivity index (χ2n) is 4.86. The topological polar surface area (TPSA) is 74.8 Å². The van der Waals surface area contributed by atoms with E-state index in [1.54, 1.807) is 12.1 Å². The molecule has 0 aliphatic heterocycles. The van der Waals surface area contributed by atoms with Crippen molar-refractivity contribution in [2.24, 2.45) is 5.10 Å². The fourth-order valence-electron chi connectivity index (χ4n) is 2.20. The Labute approximate surface area is 126 Å². The molecule has 1 heterocycles. The van der Waals surface area contributed by atoms with Crippen molar-refractivity contribution in [1.29, 1.82) is 0 Å². The van der Waals surface area contributed by atoms with Crippen LogP contribution in [0.2, 0.25) is 0 Å². The summed E-state index contributed by atoms with van der Waals surface area (Å²) in [5.74, 6) is -0.000128. The number of aromatic hydroxyl groups is 1. The van der Waals surface area contributed by atoms with Crippen molar-refractivity contribution in [3.63, 3.8) is 0 Å². The number of rotatable bonds is 3. The molecule has 0 radical (unpaired) electrons. The van der Waals surface area contributed by atoms with Gasteiger partial charge in [-0.1, -0.05) is 18.2 Å². The molecule has 1 aromatic heterocycles. The molecule has 0 aliphatic rings. The summed E-state index contributed by atoms with van der Waals surface area (Å²) in [6.07, 6.45) is 1.44. The summed E-state index contributed by atoms with van der Waals surface area (Å²) in [6.45, 7) is 1.82. The molecule has 0 spiro atoms. The van der Waals surface area contributed by atoms with E-state index in [9.17, 15) is 9.90 Å². The lowest BCUT2D eigenvalue weighted by molar-refractivity contribution is 0.472. The van der Waals surface area contributed by atoms with Gasteiger partial charge in [0.25, 0.3) is 0 Å². The number of nitrogens with one attached hydrogen (secondary N) is 1. The number of nitrogens with zero attached hydrogens (tertiary/aromatic N) is 1. The molecule has 22 heavy (non-hydrogen) atoms. The van der Waals surface area contributed by atoms with E-state index in [2.05, 4.69) is 10.5 Å². The molecule has 5 heteroatoms. The molecule has 0 unspecified atom stereocenters. The van der Waals surface area contributed by atoms with Gasteiger partial charge in [-0.25, -0.2) is 4.79 Å². The maximum absolute atomic E-state index is 11.6. The SMILES string of the molecule is Cc1cc(=O)oc2c(/C=N/Nc3ccccc3)c(O)ccc12. The van der Waals surface area contributed by atoms with Crippen LogP contribution in [0.15, 0.2) is 62.8 Å². The van der Waals surface area contributed by atoms with E-state index in [0.29, 0.717) is 11.1 Å². The number of anilines is 1. The smallest absolute Gasteiger partial charge is 0.336 e. The van der Waals surface area contributed by atoms with Crippen molar-refractivity contribution in [1.82, 2.24) is 0 Å². The number of aryl methyl sites for hydroxylation is 1. The number of phenols is 1. The molecule has 0 aliphatic carbocycles. The van der Waals surface area contributed by atoms with Crippen LogP contribution in [0.1, 0.15) is 11.1 Å². The highest BCUT2D eigenvalue weighted by molar-refractivity contribution is 6.00. The third-order valence-electron chi connectivity index (χ3n) is 3.30. The summed E-state index contributed by atoms with van der Waals surface area (Å²) >= 11 is 0. The van der Waals surface area contributed by atoms with Crippen molar-refractivity contribution in [2.75, 3.05) is 5.43 Å². The molecule has 0 saturated carbocycles. The Balaban J connectivity index is 2.03. The minimum atomic E-state index is -0.457. The summed E-state index contributed by atoms with van der Waals surface area (Å²) < 4.78 is 5.22. The Bertz CT molecular complexity index is 899. The van der Waals surface area contributed by atoms with Crippen molar-refractivity contribution in [2.45, 2.75) is 6.92 Å². The van der Waals surface area contributed by atoms with Gasteiger partial charge in [-0.15, -0.1) is 0 Å². The van der Waals surface area contributed by atoms with E-state index in [-0.39, 0.29) is 5.75 Å². The largest absolute Gasteiger partial charge is 0.507 e. The van der Waals surface area contributed by atoms with Crippen molar-refractivity contribution >= 4 is 22.9 Å². The molecule has 2 aromatic carbocycles. The summed E-state index contributed by atoms with van der Waals surface area (Å²) in [7, 11) is 0. The molecule has 0 saturated heterocycles. The van der Waals surface area contributed by atoms with Gasteiger partial charge in [0.1, 0.15) is 5.75 Å². The number of para-hydroxylation sites is 1.